The first-order valence-corrected chi connectivity index (χ1v) is 9.55. The Morgan fingerprint density at radius 3 is 2.65 bits per heavy atom. The maximum Gasteiger partial charge on any atom is 0.253 e. The third-order valence-corrected chi connectivity index (χ3v) is 5.63. The summed E-state index contributed by atoms with van der Waals surface area (Å²) in [5.41, 5.74) is 0.506. The van der Waals surface area contributed by atoms with Crippen LogP contribution in [0.5, 0.6) is 0 Å². The Labute approximate surface area is 170 Å². The lowest BCUT2D eigenvalue weighted by Gasteiger charge is -2.33. The number of benzene rings is 1. The maximum atomic E-state index is 12.7. The molecule has 0 spiro atoms. The van der Waals surface area contributed by atoms with Gasteiger partial charge in [-0.25, -0.2) is 0 Å². The van der Waals surface area contributed by atoms with Crippen LogP contribution >= 0.6 is 35.6 Å². The predicted molar refractivity (Wildman–Crippen MR) is 106 cm³/mol. The van der Waals surface area contributed by atoms with E-state index in [0.717, 1.165) is 38.8 Å². The van der Waals surface area contributed by atoms with Crippen molar-refractivity contribution in [2.24, 2.45) is 5.92 Å². The fourth-order valence-corrected chi connectivity index (χ4v) is 3.78. The lowest BCUT2D eigenvalue weighted by molar-refractivity contribution is -0.127. The highest BCUT2D eigenvalue weighted by atomic mass is 35.5. The van der Waals surface area contributed by atoms with E-state index in [2.05, 4.69) is 10.6 Å². The molecule has 2 N–H and O–H groups in total. The van der Waals surface area contributed by atoms with Crippen molar-refractivity contribution in [2.75, 3.05) is 26.2 Å². The highest BCUT2D eigenvalue weighted by Gasteiger charge is 2.30. The molecule has 0 aromatic heterocycles. The van der Waals surface area contributed by atoms with Crippen LogP contribution in [0.15, 0.2) is 18.2 Å². The van der Waals surface area contributed by atoms with Gasteiger partial charge >= 0.3 is 0 Å². The minimum absolute atomic E-state index is 0. The van der Waals surface area contributed by atoms with Gasteiger partial charge in [-0.15, -0.1) is 12.4 Å². The molecule has 0 saturated carbocycles. The number of nitrogens with zero attached hydrogens (tertiary/aromatic N) is 1. The third-order valence-electron chi connectivity index (χ3n) is 4.89. The quantitative estimate of drug-likeness (QED) is 0.790. The SMILES string of the molecule is Cl.O=C(NC1CCCNC1)C1CCCN(C(=O)c2ccc(Cl)c(Cl)c2)C1. The summed E-state index contributed by atoms with van der Waals surface area (Å²) in [7, 11) is 0. The van der Waals surface area contributed by atoms with Crippen LogP contribution < -0.4 is 10.6 Å². The number of carbonyl (C=O) groups excluding carboxylic acids is 2. The van der Waals surface area contributed by atoms with Crippen LogP contribution in [0.3, 0.4) is 0 Å². The van der Waals surface area contributed by atoms with Crippen molar-refractivity contribution >= 4 is 47.4 Å². The molecule has 2 unspecified atom stereocenters. The van der Waals surface area contributed by atoms with Gasteiger partial charge in [0.25, 0.3) is 5.91 Å². The number of amides is 2. The van der Waals surface area contributed by atoms with Gasteiger partial charge in [0.05, 0.1) is 16.0 Å². The molecular formula is C18H24Cl3N3O2. The number of nitrogens with one attached hydrogen (secondary N) is 2. The zero-order chi connectivity index (χ0) is 17.8. The van der Waals surface area contributed by atoms with E-state index >= 15 is 0 Å². The van der Waals surface area contributed by atoms with Gasteiger partial charge in [0.1, 0.15) is 0 Å². The summed E-state index contributed by atoms with van der Waals surface area (Å²) < 4.78 is 0. The van der Waals surface area contributed by atoms with E-state index in [9.17, 15) is 9.59 Å². The average molecular weight is 421 g/mol. The Morgan fingerprint density at radius 1 is 1.15 bits per heavy atom. The molecule has 2 fully saturated rings. The van der Waals surface area contributed by atoms with E-state index in [0.29, 0.717) is 28.7 Å². The molecule has 1 aromatic carbocycles. The molecule has 0 bridgehead atoms. The largest absolute Gasteiger partial charge is 0.352 e. The fraction of sp³-hybridized carbons (Fsp3) is 0.556. The predicted octanol–water partition coefficient (Wildman–Crippen LogP) is 3.14. The van der Waals surface area contributed by atoms with Crippen LogP contribution in [-0.2, 0) is 4.79 Å². The normalized spacial score (nSPS) is 23.1. The van der Waals surface area contributed by atoms with Gasteiger partial charge in [0.2, 0.25) is 5.91 Å². The van der Waals surface area contributed by atoms with Crippen molar-refractivity contribution in [2.45, 2.75) is 31.7 Å². The molecule has 2 aliphatic rings. The molecule has 2 heterocycles. The Morgan fingerprint density at radius 2 is 1.96 bits per heavy atom. The third kappa shape index (κ3) is 5.26. The summed E-state index contributed by atoms with van der Waals surface area (Å²) >= 11 is 11.9. The second kappa shape index (κ2) is 9.79. The summed E-state index contributed by atoms with van der Waals surface area (Å²) in [4.78, 5) is 27.0. The second-order valence-corrected chi connectivity index (χ2v) is 7.59. The monoisotopic (exact) mass is 419 g/mol. The lowest BCUT2D eigenvalue weighted by Crippen LogP contribution is -2.51. The Hall–Kier alpha value is -1.01. The Bertz CT molecular complexity index is 651. The maximum absolute atomic E-state index is 12.7. The van der Waals surface area contributed by atoms with Crippen LogP contribution in [0.2, 0.25) is 10.0 Å². The molecule has 1 aromatic rings. The first-order valence-electron chi connectivity index (χ1n) is 8.80. The van der Waals surface area contributed by atoms with E-state index < -0.39 is 0 Å². The van der Waals surface area contributed by atoms with Gasteiger partial charge in [0, 0.05) is 31.2 Å². The minimum atomic E-state index is -0.151. The standard InChI is InChI=1S/C18H23Cl2N3O2.ClH/c19-15-6-5-12(9-16(15)20)18(25)23-8-2-3-13(11-23)17(24)22-14-4-1-7-21-10-14;/h5-6,9,13-14,21H,1-4,7-8,10-11H2,(H,22,24);1H. The van der Waals surface area contributed by atoms with Gasteiger partial charge in [-0.1, -0.05) is 23.2 Å². The highest BCUT2D eigenvalue weighted by Crippen LogP contribution is 2.25. The van der Waals surface area contributed by atoms with Crippen molar-refractivity contribution in [1.29, 1.82) is 0 Å². The molecule has 2 atom stereocenters. The highest BCUT2D eigenvalue weighted by molar-refractivity contribution is 6.42. The minimum Gasteiger partial charge on any atom is -0.352 e. The van der Waals surface area contributed by atoms with Gasteiger partial charge in [0.15, 0.2) is 0 Å². The number of piperidine rings is 2. The van der Waals surface area contributed by atoms with E-state index in [4.69, 9.17) is 23.2 Å². The van der Waals surface area contributed by atoms with Crippen molar-refractivity contribution in [3.05, 3.63) is 33.8 Å². The van der Waals surface area contributed by atoms with Gasteiger partial charge in [-0.3, -0.25) is 9.59 Å². The first kappa shape index (κ1) is 21.3. The Kier molecular flexibility index (Phi) is 8.02. The average Bonchev–Trinajstić information content (AvgIpc) is 2.64. The van der Waals surface area contributed by atoms with E-state index in [1.807, 2.05) is 0 Å². The first-order chi connectivity index (χ1) is 12.0. The van der Waals surface area contributed by atoms with Crippen molar-refractivity contribution < 1.29 is 9.59 Å². The fourth-order valence-electron chi connectivity index (χ4n) is 3.48. The topological polar surface area (TPSA) is 61.4 Å². The molecule has 8 heteroatoms. The smallest absolute Gasteiger partial charge is 0.253 e. The van der Waals surface area contributed by atoms with Crippen molar-refractivity contribution in [1.82, 2.24) is 15.5 Å². The summed E-state index contributed by atoms with van der Waals surface area (Å²) in [6, 6.07) is 5.08. The molecule has 0 radical (unpaired) electrons. The molecule has 2 aliphatic heterocycles. The molecule has 2 saturated heterocycles. The summed E-state index contributed by atoms with van der Waals surface area (Å²) in [6.45, 7) is 2.95. The number of rotatable bonds is 3. The number of hydrogen-bond acceptors (Lipinski definition) is 3. The molecule has 2 amide bonds. The number of likely N-dealkylation sites (tertiary alicyclic amines) is 1. The molecular weight excluding hydrogens is 397 g/mol. The van der Waals surface area contributed by atoms with Crippen LogP contribution in [-0.4, -0.2) is 48.9 Å². The Balaban J connectivity index is 0.00000243. The van der Waals surface area contributed by atoms with E-state index in [1.165, 1.54) is 0 Å². The van der Waals surface area contributed by atoms with E-state index in [-0.39, 0.29) is 36.2 Å². The van der Waals surface area contributed by atoms with Crippen LogP contribution in [0.4, 0.5) is 0 Å². The number of halogens is 3. The number of carbonyl (C=O) groups is 2. The summed E-state index contributed by atoms with van der Waals surface area (Å²) in [5, 5.41) is 7.22. The van der Waals surface area contributed by atoms with Gasteiger partial charge in [-0.2, -0.15) is 0 Å². The lowest BCUT2D eigenvalue weighted by atomic mass is 9.95. The van der Waals surface area contributed by atoms with Crippen molar-refractivity contribution in [3.63, 3.8) is 0 Å². The number of hydrogen-bond donors (Lipinski definition) is 2. The van der Waals surface area contributed by atoms with Crippen molar-refractivity contribution in [3.8, 4) is 0 Å². The van der Waals surface area contributed by atoms with Gasteiger partial charge in [-0.05, 0) is 50.4 Å². The second-order valence-electron chi connectivity index (χ2n) is 6.77. The molecule has 26 heavy (non-hydrogen) atoms. The molecule has 3 rings (SSSR count). The zero-order valence-electron chi connectivity index (χ0n) is 14.5. The van der Waals surface area contributed by atoms with Crippen LogP contribution in [0.25, 0.3) is 0 Å². The van der Waals surface area contributed by atoms with E-state index in [1.54, 1.807) is 23.1 Å². The summed E-state index contributed by atoms with van der Waals surface area (Å²) in [5.74, 6) is -0.196. The molecule has 144 valence electrons. The summed E-state index contributed by atoms with van der Waals surface area (Å²) in [6.07, 6.45) is 3.74. The van der Waals surface area contributed by atoms with Crippen LogP contribution in [0, 0.1) is 5.92 Å². The van der Waals surface area contributed by atoms with Crippen LogP contribution in [0.1, 0.15) is 36.0 Å². The zero-order valence-corrected chi connectivity index (χ0v) is 16.8. The molecule has 0 aliphatic carbocycles. The van der Waals surface area contributed by atoms with Gasteiger partial charge < -0.3 is 15.5 Å². The molecule has 5 nitrogen and oxygen atoms in total.